The smallest absolute Gasteiger partial charge is 0.337 e. The molecule has 7 nitrogen and oxygen atoms in total. The molecule has 0 bridgehead atoms. The van der Waals surface area contributed by atoms with Gasteiger partial charge in [-0.05, 0) is 62.8 Å². The van der Waals surface area contributed by atoms with Crippen LogP contribution in [0, 0.1) is 5.82 Å². The molecule has 1 fully saturated rings. The van der Waals surface area contributed by atoms with Gasteiger partial charge in [0.2, 0.25) is 0 Å². The van der Waals surface area contributed by atoms with Crippen molar-refractivity contribution in [3.8, 4) is 0 Å². The molecule has 2 N–H and O–H groups in total. The summed E-state index contributed by atoms with van der Waals surface area (Å²) in [6.07, 6.45) is 2.18. The number of carbonyl (C=O) groups is 2. The number of ether oxygens (including phenoxy) is 1. The average Bonchev–Trinajstić information content (AvgIpc) is 3.29. The molecule has 0 aromatic heterocycles. The normalized spacial score (nSPS) is 14.4. The second-order valence-electron chi connectivity index (χ2n) is 7.78. The van der Waals surface area contributed by atoms with E-state index in [1.165, 1.54) is 19.2 Å². The molecule has 0 radical (unpaired) electrons. The molecule has 1 unspecified atom stereocenters. The Morgan fingerprint density at radius 3 is 2.42 bits per heavy atom. The van der Waals surface area contributed by atoms with Gasteiger partial charge in [0.15, 0.2) is 0 Å². The Balaban J connectivity index is 1.73. The van der Waals surface area contributed by atoms with Crippen LogP contribution in [0.1, 0.15) is 34.8 Å². The molecule has 3 rings (SSSR count). The van der Waals surface area contributed by atoms with Crippen LogP contribution in [0.4, 0.5) is 20.6 Å². The number of amides is 2. The molecule has 0 saturated carbocycles. The lowest BCUT2D eigenvalue weighted by Gasteiger charge is -2.26. The maximum atomic E-state index is 13.3. The molecule has 31 heavy (non-hydrogen) atoms. The van der Waals surface area contributed by atoms with Gasteiger partial charge < -0.3 is 25.2 Å². The summed E-state index contributed by atoms with van der Waals surface area (Å²) in [6.45, 7) is 2.14. The fourth-order valence-corrected chi connectivity index (χ4v) is 3.75. The van der Waals surface area contributed by atoms with Crippen LogP contribution in [0.25, 0.3) is 0 Å². The number of hydrogen-bond donors (Lipinski definition) is 2. The van der Waals surface area contributed by atoms with Crippen LogP contribution in [0.5, 0.6) is 0 Å². The molecular formula is C23H29FN4O3. The van der Waals surface area contributed by atoms with Crippen LogP contribution in [0.15, 0.2) is 42.5 Å². The van der Waals surface area contributed by atoms with Crippen molar-refractivity contribution < 1.29 is 18.7 Å². The van der Waals surface area contributed by atoms with E-state index in [0.29, 0.717) is 17.8 Å². The van der Waals surface area contributed by atoms with Crippen molar-refractivity contribution in [3.63, 3.8) is 0 Å². The van der Waals surface area contributed by atoms with Gasteiger partial charge >= 0.3 is 12.0 Å². The lowest BCUT2D eigenvalue weighted by molar-refractivity contribution is 0.0600. The SMILES string of the molecule is COC(=O)c1ccc(N2CCCC2)c(NC(=O)NCC(c2ccc(F)cc2)N(C)C)c1. The number of nitrogens with zero attached hydrogens (tertiary/aromatic N) is 2. The standard InChI is InChI=1S/C23H29FN4O3/c1-27(2)21(16-6-9-18(24)10-7-16)15-25-23(30)26-19-14-17(22(29)31-3)8-11-20(19)28-12-4-5-13-28/h6-11,14,21H,4-5,12-13,15H2,1-3H3,(H2,25,26,30). The lowest BCUT2D eigenvalue weighted by atomic mass is 10.1. The number of likely N-dealkylation sites (N-methyl/N-ethyl adjacent to an activating group) is 1. The van der Waals surface area contributed by atoms with E-state index in [-0.39, 0.29) is 17.9 Å². The van der Waals surface area contributed by atoms with E-state index >= 15 is 0 Å². The highest BCUT2D eigenvalue weighted by molar-refractivity contribution is 5.97. The summed E-state index contributed by atoms with van der Waals surface area (Å²) in [5, 5.41) is 5.77. The molecule has 1 atom stereocenters. The Morgan fingerprint density at radius 1 is 1.13 bits per heavy atom. The zero-order valence-electron chi connectivity index (χ0n) is 18.2. The molecular weight excluding hydrogens is 399 g/mol. The van der Waals surface area contributed by atoms with E-state index in [1.807, 2.05) is 25.1 Å². The maximum absolute atomic E-state index is 13.3. The molecule has 166 valence electrons. The molecule has 2 aromatic carbocycles. The Labute approximate surface area is 182 Å². The van der Waals surface area contributed by atoms with Gasteiger partial charge in [0, 0.05) is 19.6 Å². The van der Waals surface area contributed by atoms with Crippen molar-refractivity contribution in [3.05, 3.63) is 59.4 Å². The van der Waals surface area contributed by atoms with E-state index in [2.05, 4.69) is 15.5 Å². The maximum Gasteiger partial charge on any atom is 0.337 e. The van der Waals surface area contributed by atoms with Crippen molar-refractivity contribution in [2.45, 2.75) is 18.9 Å². The van der Waals surface area contributed by atoms with Gasteiger partial charge in [-0.2, -0.15) is 0 Å². The van der Waals surface area contributed by atoms with Crippen LogP contribution in [0.2, 0.25) is 0 Å². The number of anilines is 2. The number of benzene rings is 2. The van der Waals surface area contributed by atoms with Crippen molar-refractivity contribution >= 4 is 23.4 Å². The zero-order valence-corrected chi connectivity index (χ0v) is 18.2. The molecule has 1 saturated heterocycles. The van der Waals surface area contributed by atoms with E-state index in [1.54, 1.807) is 24.3 Å². The highest BCUT2D eigenvalue weighted by Gasteiger charge is 2.20. The number of esters is 1. The molecule has 0 spiro atoms. The van der Waals surface area contributed by atoms with Gasteiger partial charge in [-0.25, -0.2) is 14.0 Å². The van der Waals surface area contributed by atoms with Gasteiger partial charge in [0.05, 0.1) is 30.1 Å². The quantitative estimate of drug-likeness (QED) is 0.659. The minimum atomic E-state index is -0.458. The Morgan fingerprint density at radius 2 is 1.81 bits per heavy atom. The van der Waals surface area contributed by atoms with E-state index in [0.717, 1.165) is 37.2 Å². The summed E-state index contributed by atoms with van der Waals surface area (Å²) in [5.41, 5.74) is 2.71. The zero-order chi connectivity index (χ0) is 22.4. The molecule has 2 aromatic rings. The number of nitrogens with one attached hydrogen (secondary N) is 2. The first-order chi connectivity index (χ1) is 14.9. The second-order valence-corrected chi connectivity index (χ2v) is 7.78. The Hall–Kier alpha value is -3.13. The van der Waals surface area contributed by atoms with Crippen LogP contribution in [-0.4, -0.2) is 57.7 Å². The topological polar surface area (TPSA) is 73.9 Å². The van der Waals surface area contributed by atoms with Crippen molar-refractivity contribution in [2.75, 3.05) is 51.1 Å². The van der Waals surface area contributed by atoms with Gasteiger partial charge in [-0.15, -0.1) is 0 Å². The highest BCUT2D eigenvalue weighted by Crippen LogP contribution is 2.30. The second kappa shape index (κ2) is 10.3. The summed E-state index contributed by atoms with van der Waals surface area (Å²) in [5.74, 6) is -0.757. The third-order valence-corrected chi connectivity index (χ3v) is 5.45. The highest BCUT2D eigenvalue weighted by atomic mass is 19.1. The van der Waals surface area contributed by atoms with Crippen LogP contribution >= 0.6 is 0 Å². The van der Waals surface area contributed by atoms with Crippen molar-refractivity contribution in [2.24, 2.45) is 0 Å². The van der Waals surface area contributed by atoms with Gasteiger partial charge in [-0.1, -0.05) is 12.1 Å². The van der Waals surface area contributed by atoms with E-state index < -0.39 is 5.97 Å². The largest absolute Gasteiger partial charge is 0.465 e. The van der Waals surface area contributed by atoms with Gasteiger partial charge in [0.1, 0.15) is 5.82 Å². The van der Waals surface area contributed by atoms with Gasteiger partial charge in [0.25, 0.3) is 0 Å². The molecule has 1 heterocycles. The third kappa shape index (κ3) is 5.73. The number of urea groups is 1. The molecule has 0 aliphatic carbocycles. The summed E-state index contributed by atoms with van der Waals surface area (Å²) in [4.78, 5) is 28.8. The molecule has 8 heteroatoms. The van der Waals surface area contributed by atoms with E-state index in [9.17, 15) is 14.0 Å². The Kier molecular flexibility index (Phi) is 7.46. The lowest BCUT2D eigenvalue weighted by Crippen LogP contribution is -2.37. The fraction of sp³-hybridized carbons (Fsp3) is 0.391. The predicted octanol–water partition coefficient (Wildman–Crippen LogP) is 3.64. The minimum Gasteiger partial charge on any atom is -0.465 e. The summed E-state index contributed by atoms with van der Waals surface area (Å²) >= 11 is 0. The minimum absolute atomic E-state index is 0.120. The first kappa shape index (κ1) is 22.6. The molecule has 1 aliphatic rings. The number of rotatable bonds is 7. The number of hydrogen-bond acceptors (Lipinski definition) is 5. The predicted molar refractivity (Wildman–Crippen MR) is 119 cm³/mol. The van der Waals surface area contributed by atoms with Crippen LogP contribution < -0.4 is 15.5 Å². The molecule has 2 amide bonds. The number of carbonyl (C=O) groups excluding carboxylic acids is 2. The Bertz CT molecular complexity index is 912. The monoisotopic (exact) mass is 428 g/mol. The van der Waals surface area contributed by atoms with Crippen LogP contribution in [0.3, 0.4) is 0 Å². The van der Waals surface area contributed by atoms with Gasteiger partial charge in [-0.3, -0.25) is 0 Å². The number of halogens is 1. The molecule has 1 aliphatic heterocycles. The summed E-state index contributed by atoms with van der Waals surface area (Å²) in [6, 6.07) is 10.9. The first-order valence-electron chi connectivity index (χ1n) is 10.3. The number of methoxy groups -OCH3 is 1. The van der Waals surface area contributed by atoms with E-state index in [4.69, 9.17) is 4.74 Å². The summed E-state index contributed by atoms with van der Waals surface area (Å²) in [7, 11) is 5.13. The third-order valence-electron chi connectivity index (χ3n) is 5.45. The van der Waals surface area contributed by atoms with Crippen molar-refractivity contribution in [1.29, 1.82) is 0 Å². The van der Waals surface area contributed by atoms with Crippen molar-refractivity contribution in [1.82, 2.24) is 10.2 Å². The average molecular weight is 429 g/mol. The fourth-order valence-electron chi connectivity index (χ4n) is 3.75. The first-order valence-corrected chi connectivity index (χ1v) is 10.3. The summed E-state index contributed by atoms with van der Waals surface area (Å²) < 4.78 is 18.1. The van der Waals surface area contributed by atoms with Crippen LogP contribution in [-0.2, 0) is 4.74 Å².